The summed E-state index contributed by atoms with van der Waals surface area (Å²) >= 11 is 4.24. The van der Waals surface area contributed by atoms with Crippen LogP contribution in [-0.4, -0.2) is 12.1 Å². The Kier molecular flexibility index (Phi) is 42.4. The van der Waals surface area contributed by atoms with Crippen LogP contribution >= 0.6 is 37.2 Å². The van der Waals surface area contributed by atoms with Gasteiger partial charge in [0.2, 0.25) is 0 Å². The van der Waals surface area contributed by atoms with Gasteiger partial charge in [-0.05, 0) is 20.8 Å². The fraction of sp³-hybridized carbons (Fsp3) is 0.600. The number of hydrogen-bond acceptors (Lipinski definition) is 2. The highest BCUT2D eigenvalue weighted by atomic mass is 128. The molecule has 0 aromatic heterocycles. The lowest BCUT2D eigenvalue weighted by Crippen LogP contribution is -1.69. The van der Waals surface area contributed by atoms with Crippen molar-refractivity contribution in [3.63, 3.8) is 0 Å². The van der Waals surface area contributed by atoms with Crippen LogP contribution in [0.3, 0.4) is 0 Å². The first-order valence-corrected chi connectivity index (χ1v) is 8.45. The fourth-order valence-corrected chi connectivity index (χ4v) is 0. The quantitative estimate of drug-likeness (QED) is 0.494. The Morgan fingerprint density at radius 1 is 1.33 bits per heavy atom. The highest BCUT2D eigenvalue weighted by Gasteiger charge is 1.62. The van der Waals surface area contributed by atoms with Gasteiger partial charge >= 0.3 is 0 Å². The van der Waals surface area contributed by atoms with Crippen molar-refractivity contribution in [2.45, 2.75) is 20.8 Å². The molecular formula is C5H10I2O2. The van der Waals surface area contributed by atoms with Gasteiger partial charge in [-0.2, -0.15) is 0 Å². The Labute approximate surface area is 79.1 Å². The molecule has 0 saturated carbocycles. The molecule has 56 valence electrons. The summed E-state index contributed by atoms with van der Waals surface area (Å²) in [7, 11) is 0. The summed E-state index contributed by atoms with van der Waals surface area (Å²) in [5.74, 6) is 0.167. The molecule has 9 heavy (non-hydrogen) atoms. The zero-order chi connectivity index (χ0) is 8.28. The molecule has 0 spiro atoms. The van der Waals surface area contributed by atoms with E-state index in [9.17, 15) is 4.79 Å². The van der Waals surface area contributed by atoms with Crippen LogP contribution in [-0.2, 0) is 9.59 Å². The summed E-state index contributed by atoms with van der Waals surface area (Å²) in [6.07, 6.45) is 0.750. The minimum absolute atomic E-state index is 0.167. The molecule has 0 unspecified atom stereocenters. The predicted octanol–water partition coefficient (Wildman–Crippen LogP) is 2.57. The maximum atomic E-state index is 9.44. The zero-order valence-electron chi connectivity index (χ0n) is 5.65. The Morgan fingerprint density at radius 3 is 1.33 bits per heavy atom. The van der Waals surface area contributed by atoms with E-state index in [1.165, 1.54) is 20.8 Å². The standard InChI is InChI=1S/C3H6O.C2H4O.I2/c1-3(2)4;1-2-3;1-2/h1-2H3;2H,1H3;. The van der Waals surface area contributed by atoms with Crippen molar-refractivity contribution in [1.82, 2.24) is 0 Å². The smallest absolute Gasteiger partial charge is 0.126 e. The average Bonchev–Trinajstić information content (AvgIpc) is 1.71. The summed E-state index contributed by atoms with van der Waals surface area (Å²) in [5.41, 5.74) is 0. The van der Waals surface area contributed by atoms with E-state index in [0.29, 0.717) is 0 Å². The average molecular weight is 356 g/mol. The monoisotopic (exact) mass is 356 g/mol. The summed E-state index contributed by atoms with van der Waals surface area (Å²) in [6, 6.07) is 0. The van der Waals surface area contributed by atoms with Crippen molar-refractivity contribution in [2.24, 2.45) is 0 Å². The molecule has 0 radical (unpaired) electrons. The third-order valence-electron chi connectivity index (χ3n) is 0. The largest absolute Gasteiger partial charge is 0.304 e. The van der Waals surface area contributed by atoms with Gasteiger partial charge in [0.15, 0.2) is 0 Å². The maximum Gasteiger partial charge on any atom is 0.126 e. The molecule has 0 atom stereocenters. The van der Waals surface area contributed by atoms with Crippen LogP contribution in [0, 0.1) is 0 Å². The van der Waals surface area contributed by atoms with Crippen molar-refractivity contribution >= 4 is 49.3 Å². The van der Waals surface area contributed by atoms with E-state index in [1.54, 1.807) is 0 Å². The molecule has 0 aliphatic carbocycles. The van der Waals surface area contributed by atoms with E-state index in [0.717, 1.165) is 6.29 Å². The van der Waals surface area contributed by atoms with Crippen LogP contribution in [0.4, 0.5) is 0 Å². The number of halogens is 2. The van der Waals surface area contributed by atoms with Crippen LogP contribution in [0.15, 0.2) is 0 Å². The number of carbonyl (C=O) groups excluding carboxylic acids is 2. The zero-order valence-corrected chi connectivity index (χ0v) is 9.96. The summed E-state index contributed by atoms with van der Waals surface area (Å²) in [5, 5.41) is 0. The van der Waals surface area contributed by atoms with Gasteiger partial charge in [-0.25, -0.2) is 0 Å². The molecule has 0 aromatic carbocycles. The van der Waals surface area contributed by atoms with Crippen LogP contribution in [0.1, 0.15) is 20.8 Å². The van der Waals surface area contributed by atoms with E-state index >= 15 is 0 Å². The molecule has 0 aromatic rings. The molecule has 2 nitrogen and oxygen atoms in total. The van der Waals surface area contributed by atoms with Crippen LogP contribution < -0.4 is 0 Å². The number of ketones is 1. The number of aldehydes is 1. The normalized spacial score (nSPS) is 5.00. The molecule has 0 fully saturated rings. The lowest BCUT2D eigenvalue weighted by molar-refractivity contribution is -0.115. The van der Waals surface area contributed by atoms with Gasteiger partial charge in [-0.1, -0.05) is 0 Å². The molecule has 0 amide bonds. The third kappa shape index (κ3) is 636. The van der Waals surface area contributed by atoms with E-state index < -0.39 is 0 Å². The highest BCUT2D eigenvalue weighted by molar-refractivity contribution is 15.0. The molecule has 0 heterocycles. The lowest BCUT2D eigenvalue weighted by Gasteiger charge is -1.56. The van der Waals surface area contributed by atoms with Crippen molar-refractivity contribution < 1.29 is 9.59 Å². The molecule has 0 bridgehead atoms. The van der Waals surface area contributed by atoms with Gasteiger partial charge < -0.3 is 9.59 Å². The molecular weight excluding hydrogens is 346 g/mol. The Balaban J connectivity index is -0.0000000646. The van der Waals surface area contributed by atoms with Gasteiger partial charge in [-0.3, -0.25) is 0 Å². The van der Waals surface area contributed by atoms with E-state index in [-0.39, 0.29) is 5.78 Å². The van der Waals surface area contributed by atoms with Crippen molar-refractivity contribution in [1.29, 1.82) is 0 Å². The number of carbonyl (C=O) groups is 2. The molecule has 4 heteroatoms. The third-order valence-corrected chi connectivity index (χ3v) is 0. The molecule has 0 N–H and O–H groups in total. The van der Waals surface area contributed by atoms with Gasteiger partial charge in [0.1, 0.15) is 12.1 Å². The summed E-state index contributed by atoms with van der Waals surface area (Å²) in [4.78, 5) is 18.2. The number of rotatable bonds is 0. The van der Waals surface area contributed by atoms with E-state index in [2.05, 4.69) is 37.2 Å². The first-order chi connectivity index (χ1) is 4.15. The van der Waals surface area contributed by atoms with Gasteiger partial charge in [-0.15, -0.1) is 0 Å². The van der Waals surface area contributed by atoms with Gasteiger partial charge in [0.25, 0.3) is 0 Å². The second kappa shape index (κ2) is 23.2. The second-order valence-corrected chi connectivity index (χ2v) is 1.14. The molecule has 0 rings (SSSR count). The predicted molar refractivity (Wildman–Crippen MR) is 56.1 cm³/mol. The lowest BCUT2D eigenvalue weighted by atomic mass is 10.6. The van der Waals surface area contributed by atoms with Crippen molar-refractivity contribution in [2.75, 3.05) is 0 Å². The van der Waals surface area contributed by atoms with Gasteiger partial charge in [0.05, 0.1) is 0 Å². The van der Waals surface area contributed by atoms with E-state index in [1.807, 2.05) is 0 Å². The van der Waals surface area contributed by atoms with Crippen LogP contribution in [0.2, 0.25) is 0 Å². The number of Topliss-reactive ketones (excluding diaryl/α,β-unsaturated/α-hetero) is 1. The second-order valence-electron chi connectivity index (χ2n) is 1.14. The molecule has 0 aliphatic rings. The topological polar surface area (TPSA) is 34.1 Å². The Hall–Kier alpha value is 0.800. The Morgan fingerprint density at radius 2 is 1.33 bits per heavy atom. The first kappa shape index (κ1) is 16.4. The van der Waals surface area contributed by atoms with E-state index in [4.69, 9.17) is 4.79 Å². The molecule has 0 aliphatic heterocycles. The SMILES string of the molecule is CC(C)=O.CC=O.II. The molecule has 0 saturated heterocycles. The van der Waals surface area contributed by atoms with Crippen molar-refractivity contribution in [3.8, 4) is 0 Å². The van der Waals surface area contributed by atoms with Gasteiger partial charge in [0, 0.05) is 37.2 Å². The number of hydrogen-bond donors (Lipinski definition) is 0. The first-order valence-electron chi connectivity index (χ1n) is 2.16. The summed E-state index contributed by atoms with van der Waals surface area (Å²) < 4.78 is 0. The van der Waals surface area contributed by atoms with Crippen LogP contribution in [0.25, 0.3) is 0 Å². The minimum Gasteiger partial charge on any atom is -0.304 e. The van der Waals surface area contributed by atoms with Crippen molar-refractivity contribution in [3.05, 3.63) is 0 Å². The Bertz CT molecular complexity index is 60.0. The maximum absolute atomic E-state index is 9.44. The highest BCUT2D eigenvalue weighted by Crippen LogP contribution is 1.89. The fourth-order valence-electron chi connectivity index (χ4n) is 0. The minimum atomic E-state index is 0.167. The van der Waals surface area contributed by atoms with Crippen LogP contribution in [0.5, 0.6) is 0 Å². The summed E-state index contributed by atoms with van der Waals surface area (Å²) in [6.45, 7) is 4.50.